The van der Waals surface area contributed by atoms with Crippen LogP contribution < -0.4 is 11.9 Å². The lowest BCUT2D eigenvalue weighted by Gasteiger charge is -1.98. The Labute approximate surface area is 60.2 Å². The zero-order chi connectivity index (χ0) is 7.33. The summed E-state index contributed by atoms with van der Waals surface area (Å²) in [4.78, 5) is 0. The van der Waals surface area contributed by atoms with Gasteiger partial charge >= 0.3 is 10.4 Å². The Balaban J connectivity index is 0. The Kier molecular flexibility index (Phi) is 6.94. The minimum absolute atomic E-state index is 0. The van der Waals surface area contributed by atoms with E-state index in [0.29, 0.717) is 0 Å². The first-order valence-electron chi connectivity index (χ1n) is 2.27. The Hall–Kier alpha value is -0.210. The van der Waals surface area contributed by atoms with Gasteiger partial charge in [-0.05, 0) is 0 Å². The van der Waals surface area contributed by atoms with Crippen LogP contribution in [0.15, 0.2) is 0 Å². The molecule has 0 amide bonds. The Morgan fingerprint density at radius 1 is 1.50 bits per heavy atom. The molecule has 0 saturated carbocycles. The van der Waals surface area contributed by atoms with Crippen LogP contribution in [0.2, 0.25) is 0 Å². The van der Waals surface area contributed by atoms with Crippen LogP contribution in [0.3, 0.4) is 0 Å². The predicted molar refractivity (Wildman–Crippen MR) is 36.0 cm³/mol. The summed E-state index contributed by atoms with van der Waals surface area (Å²) >= 11 is 0. The molecule has 0 aliphatic heterocycles. The van der Waals surface area contributed by atoms with Gasteiger partial charge in [0.1, 0.15) is 0 Å². The van der Waals surface area contributed by atoms with E-state index in [-0.39, 0.29) is 19.3 Å². The van der Waals surface area contributed by atoms with Crippen LogP contribution >= 0.6 is 0 Å². The van der Waals surface area contributed by atoms with E-state index in [1.165, 1.54) is 0 Å². The first kappa shape index (κ1) is 12.5. The monoisotopic (exact) mass is 172 g/mol. The zero-order valence-corrected chi connectivity index (χ0v) is 6.56. The van der Waals surface area contributed by atoms with Crippen molar-refractivity contribution in [3.8, 4) is 0 Å². The van der Waals surface area contributed by atoms with Gasteiger partial charge in [-0.25, -0.2) is 4.18 Å². The molecule has 0 aliphatic carbocycles. The van der Waals surface area contributed by atoms with Crippen molar-refractivity contribution in [2.75, 3.05) is 20.3 Å². The Morgan fingerprint density at radius 3 is 2.30 bits per heavy atom. The molecule has 7 heteroatoms. The minimum Gasteiger partial charge on any atom is -0.344 e. The van der Waals surface area contributed by atoms with Crippen molar-refractivity contribution in [3.63, 3.8) is 0 Å². The number of hydrogen-bond donors (Lipinski definition) is 2. The molecule has 0 spiro atoms. The Bertz CT molecular complexity index is 154. The average molecular weight is 172 g/mol. The highest BCUT2D eigenvalue weighted by Crippen LogP contribution is 1.89. The number of rotatable bonds is 4. The van der Waals surface area contributed by atoms with Crippen molar-refractivity contribution < 1.29 is 16.8 Å². The summed E-state index contributed by atoms with van der Waals surface area (Å²) in [6.07, 6.45) is 0. The van der Waals surface area contributed by atoms with Crippen molar-refractivity contribution in [3.05, 3.63) is 0 Å². The molecule has 0 saturated heterocycles. The van der Waals surface area contributed by atoms with Crippen molar-refractivity contribution in [2.45, 2.75) is 0 Å². The molecule has 0 aromatic rings. The average Bonchev–Trinajstić information content (AvgIpc) is 1.84. The normalized spacial score (nSPS) is 10.6. The van der Waals surface area contributed by atoms with Gasteiger partial charge < -0.3 is 11.9 Å². The van der Waals surface area contributed by atoms with E-state index < -0.39 is 10.4 Å². The number of hydrogen-bond acceptors (Lipinski definition) is 6. The lowest BCUT2D eigenvalue weighted by molar-refractivity contribution is 0.249. The molecule has 10 heavy (non-hydrogen) atoms. The molecule has 0 bridgehead atoms. The maximum atomic E-state index is 10.3. The standard InChI is InChI=1S/C3H9NO4S.H3N/c1-7-9(5,6)8-3-2-4;/h2-4H2,1H3;1H3. The van der Waals surface area contributed by atoms with Crippen LogP contribution in [0, 0.1) is 0 Å². The van der Waals surface area contributed by atoms with Crippen molar-refractivity contribution in [1.82, 2.24) is 6.15 Å². The molecule has 0 fully saturated rings. The third-order valence-electron chi connectivity index (χ3n) is 0.550. The van der Waals surface area contributed by atoms with Gasteiger partial charge in [0.05, 0.1) is 13.7 Å². The van der Waals surface area contributed by atoms with E-state index in [1.54, 1.807) is 0 Å². The molecular formula is C3H12N2O4S. The van der Waals surface area contributed by atoms with Gasteiger partial charge in [0.15, 0.2) is 0 Å². The predicted octanol–water partition coefficient (Wildman–Crippen LogP) is -0.985. The topological polar surface area (TPSA) is 114 Å². The second kappa shape index (κ2) is 5.57. The van der Waals surface area contributed by atoms with Crippen molar-refractivity contribution in [1.29, 1.82) is 0 Å². The van der Waals surface area contributed by atoms with Gasteiger partial charge in [-0.2, -0.15) is 8.42 Å². The highest BCUT2D eigenvalue weighted by atomic mass is 32.3. The SMILES string of the molecule is COS(=O)(=O)OCCN.N. The van der Waals surface area contributed by atoms with E-state index in [4.69, 9.17) is 5.73 Å². The van der Waals surface area contributed by atoms with Crippen LogP contribution in [-0.4, -0.2) is 28.7 Å². The highest BCUT2D eigenvalue weighted by Gasteiger charge is 2.05. The largest absolute Gasteiger partial charge is 0.399 e. The summed E-state index contributed by atoms with van der Waals surface area (Å²) in [5, 5.41) is 0. The quantitative estimate of drug-likeness (QED) is 0.563. The molecule has 0 rings (SSSR count). The van der Waals surface area contributed by atoms with Gasteiger partial charge in [-0.1, -0.05) is 0 Å². The fraction of sp³-hybridized carbons (Fsp3) is 1.00. The summed E-state index contributed by atoms with van der Waals surface area (Å²) in [7, 11) is -2.74. The molecule has 0 atom stereocenters. The molecule has 6 nitrogen and oxygen atoms in total. The lowest BCUT2D eigenvalue weighted by atomic mass is 10.8. The minimum atomic E-state index is -3.76. The van der Waals surface area contributed by atoms with Crippen LogP contribution in [0.4, 0.5) is 0 Å². The van der Waals surface area contributed by atoms with Crippen molar-refractivity contribution in [2.24, 2.45) is 5.73 Å². The van der Waals surface area contributed by atoms with Crippen molar-refractivity contribution >= 4 is 10.4 Å². The third-order valence-corrected chi connectivity index (χ3v) is 1.41. The van der Waals surface area contributed by atoms with Gasteiger partial charge in [-0.15, -0.1) is 0 Å². The summed E-state index contributed by atoms with van der Waals surface area (Å²) in [5.41, 5.74) is 4.95. The maximum Gasteiger partial charge on any atom is 0.399 e. The molecule has 0 heterocycles. The fourth-order valence-electron chi connectivity index (χ4n) is 0.198. The van der Waals surface area contributed by atoms with Gasteiger partial charge in [0.25, 0.3) is 0 Å². The molecule has 0 aromatic carbocycles. The second-order valence-corrected chi connectivity index (χ2v) is 2.57. The Morgan fingerprint density at radius 2 is 2.00 bits per heavy atom. The molecule has 5 N–H and O–H groups in total. The summed E-state index contributed by atoms with van der Waals surface area (Å²) in [6, 6.07) is 0. The lowest BCUT2D eigenvalue weighted by Crippen LogP contribution is -2.14. The molecule has 0 aliphatic rings. The molecule has 64 valence electrons. The van der Waals surface area contributed by atoms with E-state index in [1.807, 2.05) is 0 Å². The van der Waals surface area contributed by atoms with E-state index in [2.05, 4.69) is 8.37 Å². The fourth-order valence-corrected chi connectivity index (χ4v) is 0.595. The second-order valence-electron chi connectivity index (χ2n) is 1.19. The first-order valence-corrected chi connectivity index (χ1v) is 3.61. The van der Waals surface area contributed by atoms with Crippen LogP contribution in [0.5, 0.6) is 0 Å². The highest BCUT2D eigenvalue weighted by molar-refractivity contribution is 7.81. The molecule has 0 radical (unpaired) electrons. The van der Waals surface area contributed by atoms with E-state index in [9.17, 15) is 8.42 Å². The van der Waals surface area contributed by atoms with E-state index >= 15 is 0 Å². The van der Waals surface area contributed by atoms with Gasteiger partial charge in [0, 0.05) is 6.54 Å². The van der Waals surface area contributed by atoms with Crippen LogP contribution in [0.1, 0.15) is 0 Å². The van der Waals surface area contributed by atoms with Crippen LogP contribution in [0.25, 0.3) is 0 Å². The third kappa shape index (κ3) is 5.92. The zero-order valence-electron chi connectivity index (χ0n) is 5.74. The van der Waals surface area contributed by atoms with Crippen LogP contribution in [-0.2, 0) is 18.8 Å². The number of nitrogens with two attached hydrogens (primary N) is 1. The molecule has 0 unspecified atom stereocenters. The summed E-state index contributed by atoms with van der Waals surface area (Å²) in [6.45, 7) is 0.110. The summed E-state index contributed by atoms with van der Waals surface area (Å²) < 4.78 is 28.6. The molecular weight excluding hydrogens is 160 g/mol. The van der Waals surface area contributed by atoms with Gasteiger partial charge in [0.2, 0.25) is 0 Å². The summed E-state index contributed by atoms with van der Waals surface area (Å²) in [5.74, 6) is 0. The van der Waals surface area contributed by atoms with E-state index in [0.717, 1.165) is 7.11 Å². The molecule has 0 aromatic heterocycles. The maximum absolute atomic E-state index is 10.3. The first-order chi connectivity index (χ1) is 4.12. The smallest absolute Gasteiger partial charge is 0.344 e. The van der Waals surface area contributed by atoms with Gasteiger partial charge in [-0.3, -0.25) is 4.18 Å².